The Hall–Kier alpha value is -2.90. The van der Waals surface area contributed by atoms with Crippen molar-refractivity contribution in [1.82, 2.24) is 4.90 Å². The number of piperazine rings is 1. The Kier molecular flexibility index (Phi) is 5.55. The van der Waals surface area contributed by atoms with Gasteiger partial charge in [0.15, 0.2) is 5.76 Å². The van der Waals surface area contributed by atoms with Gasteiger partial charge in [-0.1, -0.05) is 0 Å². The zero-order chi connectivity index (χ0) is 19.3. The minimum absolute atomic E-state index is 0.0403. The van der Waals surface area contributed by atoms with Gasteiger partial charge in [0.2, 0.25) is 0 Å². The third kappa shape index (κ3) is 4.32. The molecule has 7 heteroatoms. The van der Waals surface area contributed by atoms with Gasteiger partial charge in [0.05, 0.1) is 32.4 Å². The number of hydrogen-bond acceptors (Lipinski definition) is 4. The van der Waals surface area contributed by atoms with Gasteiger partial charge in [-0.2, -0.15) is 11.3 Å². The zero-order valence-electron chi connectivity index (χ0n) is 15.4. The Balaban J connectivity index is 1.30. The van der Waals surface area contributed by atoms with E-state index >= 15 is 0 Å². The molecule has 0 atom stereocenters. The Morgan fingerprint density at radius 2 is 1.89 bits per heavy atom. The second kappa shape index (κ2) is 8.41. The van der Waals surface area contributed by atoms with E-state index in [1.54, 1.807) is 47.7 Å². The first-order chi connectivity index (χ1) is 13.7. The van der Waals surface area contributed by atoms with Crippen LogP contribution in [0, 0.1) is 0 Å². The summed E-state index contributed by atoms with van der Waals surface area (Å²) in [7, 11) is 0. The number of nitrogens with zero attached hydrogens (tertiary/aromatic N) is 1. The van der Waals surface area contributed by atoms with E-state index in [2.05, 4.69) is 22.1 Å². The highest BCUT2D eigenvalue weighted by Crippen LogP contribution is 2.14. The second-order valence-corrected chi connectivity index (χ2v) is 7.64. The summed E-state index contributed by atoms with van der Waals surface area (Å²) < 4.78 is 5.08. The third-order valence-electron chi connectivity index (χ3n) is 4.93. The lowest BCUT2D eigenvalue weighted by atomic mass is 10.1. The van der Waals surface area contributed by atoms with E-state index in [4.69, 9.17) is 4.42 Å². The highest BCUT2D eigenvalue weighted by atomic mass is 32.1. The van der Waals surface area contributed by atoms with E-state index in [1.807, 2.05) is 4.90 Å². The van der Waals surface area contributed by atoms with E-state index in [0.29, 0.717) is 11.3 Å². The SMILES string of the molecule is O=C(Nc1ccc(C(=O)N2CC[NH+](Cc3ccsc3)CC2)cc1)c1ccco1. The van der Waals surface area contributed by atoms with Crippen LogP contribution in [0.2, 0.25) is 0 Å². The number of hydrogen-bond donors (Lipinski definition) is 2. The fourth-order valence-corrected chi connectivity index (χ4v) is 4.03. The molecule has 144 valence electrons. The van der Waals surface area contributed by atoms with Crippen molar-refractivity contribution in [2.75, 3.05) is 31.5 Å². The normalized spacial score (nSPS) is 14.8. The summed E-state index contributed by atoms with van der Waals surface area (Å²) in [6, 6.07) is 12.4. The quantitative estimate of drug-likeness (QED) is 0.694. The minimum Gasteiger partial charge on any atom is -0.459 e. The lowest BCUT2D eigenvalue weighted by Gasteiger charge is -2.32. The molecule has 0 radical (unpaired) electrons. The van der Waals surface area contributed by atoms with Gasteiger partial charge in [0, 0.05) is 16.8 Å². The molecule has 2 N–H and O–H groups in total. The highest BCUT2D eigenvalue weighted by molar-refractivity contribution is 7.07. The molecular formula is C21H22N3O3S+. The molecular weight excluding hydrogens is 374 g/mol. The second-order valence-electron chi connectivity index (χ2n) is 6.86. The van der Waals surface area contributed by atoms with Crippen LogP contribution >= 0.6 is 11.3 Å². The zero-order valence-corrected chi connectivity index (χ0v) is 16.2. The maximum Gasteiger partial charge on any atom is 0.291 e. The molecule has 3 heterocycles. The predicted octanol–water partition coefficient (Wildman–Crippen LogP) is 2.13. The van der Waals surface area contributed by atoms with Crippen LogP contribution in [0.3, 0.4) is 0 Å². The van der Waals surface area contributed by atoms with E-state index in [9.17, 15) is 9.59 Å². The molecule has 1 aliphatic rings. The molecule has 2 aromatic heterocycles. The van der Waals surface area contributed by atoms with Gasteiger partial charge >= 0.3 is 0 Å². The molecule has 1 saturated heterocycles. The number of carbonyl (C=O) groups is 2. The summed E-state index contributed by atoms with van der Waals surface area (Å²) in [4.78, 5) is 28.2. The van der Waals surface area contributed by atoms with Gasteiger partial charge in [-0.25, -0.2) is 0 Å². The van der Waals surface area contributed by atoms with Crippen molar-refractivity contribution in [1.29, 1.82) is 0 Å². The number of benzene rings is 1. The Bertz CT molecular complexity index is 912. The van der Waals surface area contributed by atoms with Gasteiger partial charge in [0.25, 0.3) is 11.8 Å². The molecule has 4 rings (SSSR count). The molecule has 1 aliphatic heterocycles. The molecule has 2 amide bonds. The molecule has 6 nitrogen and oxygen atoms in total. The third-order valence-corrected chi connectivity index (χ3v) is 5.66. The smallest absolute Gasteiger partial charge is 0.291 e. The first-order valence-electron chi connectivity index (χ1n) is 9.28. The molecule has 0 unspecified atom stereocenters. The number of rotatable bonds is 5. The summed E-state index contributed by atoms with van der Waals surface area (Å²) >= 11 is 1.73. The van der Waals surface area contributed by atoms with Crippen LogP contribution in [-0.4, -0.2) is 42.9 Å². The number of quaternary nitrogens is 1. The average Bonchev–Trinajstić information content (AvgIpc) is 3.43. The van der Waals surface area contributed by atoms with Gasteiger partial charge in [-0.15, -0.1) is 0 Å². The lowest BCUT2D eigenvalue weighted by Crippen LogP contribution is -3.13. The molecule has 0 aliphatic carbocycles. The number of carbonyl (C=O) groups excluding carboxylic acids is 2. The van der Waals surface area contributed by atoms with E-state index in [1.165, 1.54) is 16.7 Å². The van der Waals surface area contributed by atoms with Crippen molar-refractivity contribution < 1.29 is 18.9 Å². The van der Waals surface area contributed by atoms with Crippen molar-refractivity contribution >= 4 is 28.8 Å². The molecule has 3 aromatic rings. The fourth-order valence-electron chi connectivity index (χ4n) is 3.36. The van der Waals surface area contributed by atoms with Crippen molar-refractivity contribution in [3.8, 4) is 0 Å². The first kappa shape index (κ1) is 18.5. The van der Waals surface area contributed by atoms with Crippen LogP contribution in [0.4, 0.5) is 5.69 Å². The average molecular weight is 396 g/mol. The summed E-state index contributed by atoms with van der Waals surface area (Å²) in [6.45, 7) is 4.46. The van der Waals surface area contributed by atoms with Gasteiger partial charge in [-0.3, -0.25) is 9.59 Å². The van der Waals surface area contributed by atoms with E-state index in [0.717, 1.165) is 32.7 Å². The predicted molar refractivity (Wildman–Crippen MR) is 108 cm³/mol. The minimum atomic E-state index is -0.311. The van der Waals surface area contributed by atoms with Crippen molar-refractivity contribution in [3.63, 3.8) is 0 Å². The van der Waals surface area contributed by atoms with Crippen molar-refractivity contribution in [2.24, 2.45) is 0 Å². The Morgan fingerprint density at radius 3 is 2.54 bits per heavy atom. The number of anilines is 1. The molecule has 0 saturated carbocycles. The first-order valence-corrected chi connectivity index (χ1v) is 10.2. The Labute approximate surface area is 167 Å². The van der Waals surface area contributed by atoms with Crippen molar-refractivity contribution in [2.45, 2.75) is 6.54 Å². The summed E-state index contributed by atoms with van der Waals surface area (Å²) in [6.07, 6.45) is 1.46. The van der Waals surface area contributed by atoms with E-state index < -0.39 is 0 Å². The number of nitrogens with one attached hydrogen (secondary N) is 2. The number of furan rings is 1. The standard InChI is InChI=1S/C21H21N3O3S/c25-20(19-2-1-12-27-19)22-18-5-3-17(4-6-18)21(26)24-10-8-23(9-11-24)14-16-7-13-28-15-16/h1-7,12-13,15H,8-11,14H2,(H,22,25)/p+1. The van der Waals surface area contributed by atoms with Crippen LogP contribution in [-0.2, 0) is 6.54 Å². The molecule has 1 fully saturated rings. The highest BCUT2D eigenvalue weighted by Gasteiger charge is 2.24. The Morgan fingerprint density at radius 1 is 1.11 bits per heavy atom. The number of thiophene rings is 1. The monoisotopic (exact) mass is 396 g/mol. The van der Waals surface area contributed by atoms with Gasteiger partial charge in [0.1, 0.15) is 6.54 Å². The van der Waals surface area contributed by atoms with E-state index in [-0.39, 0.29) is 17.6 Å². The largest absolute Gasteiger partial charge is 0.459 e. The van der Waals surface area contributed by atoms with Crippen LogP contribution in [0.5, 0.6) is 0 Å². The fraction of sp³-hybridized carbons (Fsp3) is 0.238. The topological polar surface area (TPSA) is 67.0 Å². The maximum absolute atomic E-state index is 12.8. The lowest BCUT2D eigenvalue weighted by molar-refractivity contribution is -0.917. The molecule has 1 aromatic carbocycles. The van der Waals surface area contributed by atoms with Crippen molar-refractivity contribution in [3.05, 3.63) is 76.4 Å². The van der Waals surface area contributed by atoms with Crippen LogP contribution in [0.1, 0.15) is 26.5 Å². The van der Waals surface area contributed by atoms with Crippen LogP contribution in [0.15, 0.2) is 63.9 Å². The van der Waals surface area contributed by atoms with Gasteiger partial charge < -0.3 is 19.5 Å². The van der Waals surface area contributed by atoms with Gasteiger partial charge in [-0.05, 0) is 53.2 Å². The summed E-state index contributed by atoms with van der Waals surface area (Å²) in [5.74, 6) is -0.0183. The molecule has 0 bridgehead atoms. The maximum atomic E-state index is 12.8. The van der Waals surface area contributed by atoms with Crippen LogP contribution in [0.25, 0.3) is 0 Å². The summed E-state index contributed by atoms with van der Waals surface area (Å²) in [5, 5.41) is 7.05. The van der Waals surface area contributed by atoms with Crippen LogP contribution < -0.4 is 10.2 Å². The molecule has 28 heavy (non-hydrogen) atoms. The number of amides is 2. The molecule has 0 spiro atoms. The summed E-state index contributed by atoms with van der Waals surface area (Å²) in [5.41, 5.74) is 2.63.